The number of ether oxygens (including phenoxy) is 3. The predicted molar refractivity (Wildman–Crippen MR) is 168 cm³/mol. The van der Waals surface area contributed by atoms with E-state index in [1.165, 1.54) is 17.7 Å². The normalized spacial score (nSPS) is 12.8. The number of oxazole rings is 1. The van der Waals surface area contributed by atoms with Crippen LogP contribution in [0.3, 0.4) is 0 Å². The summed E-state index contributed by atoms with van der Waals surface area (Å²) < 4.78 is 24.5. The van der Waals surface area contributed by atoms with Crippen molar-refractivity contribution in [3.63, 3.8) is 0 Å². The second kappa shape index (κ2) is 14.0. The largest absolute Gasteiger partial charge is 0.479 e. The van der Waals surface area contributed by atoms with E-state index in [2.05, 4.69) is 16.0 Å². The molecule has 232 valence electrons. The van der Waals surface area contributed by atoms with Crippen LogP contribution in [0.15, 0.2) is 63.8 Å². The Hall–Kier alpha value is -4.63. The molecule has 45 heavy (non-hydrogen) atoms. The van der Waals surface area contributed by atoms with Gasteiger partial charge in [-0.15, -0.1) is 11.5 Å². The summed E-state index contributed by atoms with van der Waals surface area (Å²) in [4.78, 5) is 27.4. The van der Waals surface area contributed by atoms with Crippen molar-refractivity contribution in [2.24, 2.45) is 0 Å². The van der Waals surface area contributed by atoms with E-state index in [-0.39, 0.29) is 18.4 Å². The number of carbonyl (C=O) groups is 1. The summed E-state index contributed by atoms with van der Waals surface area (Å²) in [5.74, 6) is 3.39. The molecule has 2 aromatic heterocycles. The lowest BCUT2D eigenvalue weighted by Crippen LogP contribution is -2.26. The number of aromatic nitrogens is 4. The number of benzene rings is 3. The molecule has 0 aliphatic carbocycles. The van der Waals surface area contributed by atoms with Crippen molar-refractivity contribution in [2.75, 3.05) is 6.61 Å². The van der Waals surface area contributed by atoms with Gasteiger partial charge in [0.2, 0.25) is 0 Å². The molecule has 1 atom stereocenters. The van der Waals surface area contributed by atoms with Gasteiger partial charge >= 0.3 is 17.7 Å². The minimum atomic E-state index is -1.03. The van der Waals surface area contributed by atoms with Crippen molar-refractivity contribution in [1.82, 2.24) is 19.3 Å². The van der Waals surface area contributed by atoms with Crippen LogP contribution < -0.4 is 19.9 Å². The van der Waals surface area contributed by atoms with Gasteiger partial charge in [-0.3, -0.25) is 4.57 Å². The van der Waals surface area contributed by atoms with E-state index in [1.54, 1.807) is 53.1 Å². The average Bonchev–Trinajstić information content (AvgIpc) is 3.57. The topological polar surface area (TPSA) is 131 Å². The third-order valence-electron chi connectivity index (χ3n) is 6.53. The van der Waals surface area contributed by atoms with Gasteiger partial charge in [0.1, 0.15) is 35.2 Å². The van der Waals surface area contributed by atoms with Gasteiger partial charge in [-0.05, 0) is 62.2 Å². The number of halogens is 3. The summed E-state index contributed by atoms with van der Waals surface area (Å²) in [6, 6.07) is 14.7. The van der Waals surface area contributed by atoms with Gasteiger partial charge in [0, 0.05) is 30.1 Å². The third-order valence-corrected chi connectivity index (χ3v) is 7.37. The minimum absolute atomic E-state index is 0.0788. The molecular formula is C31H25Cl3N4O7. The SMILES string of the molecule is C#CCOc1cc(-n2nc3n(c2=O)CCCC3)c(Cl)cc1Cl.CC(Oc1ccc(Oc2nc3ccc(Cl)cc3o2)cc1)C(=O)O. The van der Waals surface area contributed by atoms with Crippen LogP contribution in [0.2, 0.25) is 15.1 Å². The standard InChI is InChI=1S/C16H12ClNO5.C15H13Cl2N3O2/c1-9(15(19)20)21-11-3-5-12(6-4-11)22-16-18-13-7-2-10(17)8-14(13)23-16;1-2-7-22-13-9-12(10(16)8-11(13)17)20-15(21)19-6-4-3-5-14(19)18-20/h2-9H,1H3,(H,19,20);1,8-9H,3-7H2. The molecule has 0 radical (unpaired) electrons. The van der Waals surface area contributed by atoms with E-state index in [9.17, 15) is 9.59 Å². The Labute approximate surface area is 271 Å². The number of aryl methyl sites for hydroxylation is 1. The van der Waals surface area contributed by atoms with E-state index in [0.29, 0.717) is 55.6 Å². The molecule has 11 nitrogen and oxygen atoms in total. The van der Waals surface area contributed by atoms with Gasteiger partial charge in [-0.25, -0.2) is 9.59 Å². The van der Waals surface area contributed by atoms with Gasteiger partial charge in [0.05, 0.1) is 15.7 Å². The zero-order valence-electron chi connectivity index (χ0n) is 23.7. The molecule has 6 rings (SSSR count). The Balaban J connectivity index is 0.000000178. The number of hydrogen-bond acceptors (Lipinski definition) is 8. The highest BCUT2D eigenvalue weighted by Crippen LogP contribution is 2.33. The summed E-state index contributed by atoms with van der Waals surface area (Å²) in [6.45, 7) is 2.21. The van der Waals surface area contributed by atoms with Gasteiger partial charge in [-0.1, -0.05) is 40.7 Å². The quantitative estimate of drug-likeness (QED) is 0.177. The Morgan fingerprint density at radius 3 is 2.56 bits per heavy atom. The molecule has 5 aromatic rings. The molecule has 3 aromatic carbocycles. The monoisotopic (exact) mass is 670 g/mol. The fourth-order valence-corrected chi connectivity index (χ4v) is 5.01. The summed E-state index contributed by atoms with van der Waals surface area (Å²) >= 11 is 18.2. The lowest BCUT2D eigenvalue weighted by Gasteiger charge is -2.10. The van der Waals surface area contributed by atoms with Gasteiger partial charge < -0.3 is 23.7 Å². The van der Waals surface area contributed by atoms with Gasteiger partial charge in [-0.2, -0.15) is 9.67 Å². The van der Waals surface area contributed by atoms with Crippen molar-refractivity contribution in [1.29, 1.82) is 0 Å². The van der Waals surface area contributed by atoms with E-state index < -0.39 is 12.1 Å². The average molecular weight is 672 g/mol. The number of rotatable bonds is 8. The highest BCUT2D eigenvalue weighted by molar-refractivity contribution is 6.36. The number of terminal acetylenes is 1. The smallest absolute Gasteiger partial charge is 0.400 e. The van der Waals surface area contributed by atoms with Crippen LogP contribution in [0.1, 0.15) is 25.6 Å². The molecule has 3 heterocycles. The first kappa shape index (κ1) is 31.8. The third kappa shape index (κ3) is 7.54. The van der Waals surface area contributed by atoms with Gasteiger partial charge in [0.25, 0.3) is 0 Å². The Morgan fingerprint density at radius 1 is 1.09 bits per heavy atom. The second-order valence-electron chi connectivity index (χ2n) is 9.71. The first-order valence-corrected chi connectivity index (χ1v) is 14.7. The number of carboxylic acids is 1. The number of aliphatic carboxylic acids is 1. The fraction of sp³-hybridized carbons (Fsp3) is 0.226. The predicted octanol–water partition coefficient (Wildman–Crippen LogP) is 6.81. The molecule has 0 spiro atoms. The Kier molecular flexibility index (Phi) is 9.88. The van der Waals surface area contributed by atoms with Crippen molar-refractivity contribution in [3.05, 3.63) is 86.0 Å². The molecule has 14 heteroatoms. The first-order chi connectivity index (χ1) is 21.6. The van der Waals surface area contributed by atoms with Crippen LogP contribution >= 0.6 is 34.8 Å². The molecule has 0 fully saturated rings. The summed E-state index contributed by atoms with van der Waals surface area (Å²) in [6.07, 6.45) is 7.14. The van der Waals surface area contributed by atoms with Crippen LogP contribution in [0, 0.1) is 12.3 Å². The van der Waals surface area contributed by atoms with Crippen LogP contribution in [-0.2, 0) is 17.8 Å². The zero-order chi connectivity index (χ0) is 32.1. The maximum Gasteiger partial charge on any atom is 0.400 e. The molecule has 1 aliphatic heterocycles. The number of fused-ring (bicyclic) bond motifs is 2. The van der Waals surface area contributed by atoms with Crippen molar-refractivity contribution >= 4 is 51.9 Å². The van der Waals surface area contributed by atoms with Crippen LogP contribution in [0.4, 0.5) is 0 Å². The lowest BCUT2D eigenvalue weighted by atomic mass is 10.2. The molecule has 1 aliphatic rings. The zero-order valence-corrected chi connectivity index (χ0v) is 26.0. The molecular weight excluding hydrogens is 647 g/mol. The number of hydrogen-bond donors (Lipinski definition) is 1. The van der Waals surface area contributed by atoms with E-state index in [4.69, 9.17) is 65.0 Å². The first-order valence-electron chi connectivity index (χ1n) is 13.6. The summed E-state index contributed by atoms with van der Waals surface area (Å²) in [5.41, 5.74) is 1.40. The fourth-order valence-electron chi connectivity index (χ4n) is 4.33. The van der Waals surface area contributed by atoms with E-state index >= 15 is 0 Å². The maximum absolute atomic E-state index is 12.5. The highest BCUT2D eigenvalue weighted by Gasteiger charge is 2.20. The Bertz CT molecular complexity index is 1940. The summed E-state index contributed by atoms with van der Waals surface area (Å²) in [5, 5.41) is 14.4. The Morgan fingerprint density at radius 2 is 1.84 bits per heavy atom. The van der Waals surface area contributed by atoms with Crippen LogP contribution in [0.25, 0.3) is 16.8 Å². The highest BCUT2D eigenvalue weighted by atomic mass is 35.5. The van der Waals surface area contributed by atoms with Crippen molar-refractivity contribution in [3.8, 4) is 41.4 Å². The molecule has 0 saturated heterocycles. The summed E-state index contributed by atoms with van der Waals surface area (Å²) in [7, 11) is 0. The minimum Gasteiger partial charge on any atom is -0.479 e. The molecule has 0 bridgehead atoms. The van der Waals surface area contributed by atoms with Crippen LogP contribution in [0.5, 0.6) is 23.3 Å². The van der Waals surface area contributed by atoms with E-state index in [0.717, 1.165) is 25.1 Å². The molecule has 0 saturated carbocycles. The number of nitrogens with zero attached hydrogens (tertiary/aromatic N) is 4. The number of carboxylic acid groups (broad SMARTS) is 1. The van der Waals surface area contributed by atoms with E-state index in [1.807, 2.05) is 0 Å². The maximum atomic E-state index is 12.5. The lowest BCUT2D eigenvalue weighted by molar-refractivity contribution is -0.144. The molecule has 0 amide bonds. The molecule has 1 N–H and O–H groups in total. The molecule has 1 unspecified atom stereocenters. The van der Waals surface area contributed by atoms with Crippen molar-refractivity contribution in [2.45, 2.75) is 38.8 Å². The second-order valence-corrected chi connectivity index (χ2v) is 11.0. The van der Waals surface area contributed by atoms with Gasteiger partial charge in [0.15, 0.2) is 11.7 Å². The van der Waals surface area contributed by atoms with Crippen molar-refractivity contribution < 1.29 is 28.5 Å². The van der Waals surface area contributed by atoms with Crippen LogP contribution in [-0.4, -0.2) is 43.1 Å².